The van der Waals surface area contributed by atoms with Crippen LogP contribution in [0.2, 0.25) is 5.02 Å². The van der Waals surface area contributed by atoms with E-state index in [1.807, 2.05) is 42.4 Å². The molecule has 3 heterocycles. The number of piperidine rings is 1. The maximum atomic E-state index is 12.6. The van der Waals surface area contributed by atoms with E-state index in [1.54, 1.807) is 23.3 Å². The van der Waals surface area contributed by atoms with Crippen LogP contribution in [0.4, 0.5) is 0 Å². The summed E-state index contributed by atoms with van der Waals surface area (Å²) in [6.45, 7) is 1.42. The van der Waals surface area contributed by atoms with Gasteiger partial charge in [-0.05, 0) is 25.0 Å². The van der Waals surface area contributed by atoms with E-state index in [9.17, 15) is 4.79 Å². The van der Waals surface area contributed by atoms with E-state index in [0.29, 0.717) is 29.6 Å². The minimum atomic E-state index is 0.0420. The standard InChI is InChI=1S/C20H20ClN5O/c1-25-13-16(10-23-25)20(27)26-7-5-14(6-8-26)18-11-22-12-19(24-18)15-3-2-4-17(21)9-15/h2-4,9-14H,5-8H2,1H3. The SMILES string of the molecule is Cn1cc(C(=O)N2CCC(c3cncc(-c4cccc(Cl)c4)n3)CC2)cn1. The van der Waals surface area contributed by atoms with Crippen molar-refractivity contribution in [1.82, 2.24) is 24.6 Å². The second kappa shape index (κ2) is 7.48. The van der Waals surface area contributed by atoms with Gasteiger partial charge in [-0.3, -0.25) is 14.5 Å². The van der Waals surface area contributed by atoms with Crippen LogP contribution in [0.25, 0.3) is 11.3 Å². The van der Waals surface area contributed by atoms with Crippen LogP contribution in [0.5, 0.6) is 0 Å². The Morgan fingerprint density at radius 1 is 1.19 bits per heavy atom. The zero-order valence-corrected chi connectivity index (χ0v) is 15.8. The highest BCUT2D eigenvalue weighted by Crippen LogP contribution is 2.29. The molecule has 138 valence electrons. The van der Waals surface area contributed by atoms with Crippen LogP contribution < -0.4 is 0 Å². The van der Waals surface area contributed by atoms with Crippen molar-refractivity contribution in [3.63, 3.8) is 0 Å². The maximum Gasteiger partial charge on any atom is 0.257 e. The van der Waals surface area contributed by atoms with E-state index in [0.717, 1.165) is 29.8 Å². The Hall–Kier alpha value is -2.73. The molecule has 1 aromatic carbocycles. The highest BCUT2D eigenvalue weighted by molar-refractivity contribution is 6.30. The van der Waals surface area contributed by atoms with Crippen LogP contribution in [-0.2, 0) is 7.05 Å². The van der Waals surface area contributed by atoms with Crippen molar-refractivity contribution in [1.29, 1.82) is 0 Å². The second-order valence-electron chi connectivity index (χ2n) is 6.81. The Morgan fingerprint density at radius 2 is 2.00 bits per heavy atom. The number of aryl methyl sites for hydroxylation is 1. The summed E-state index contributed by atoms with van der Waals surface area (Å²) < 4.78 is 1.65. The summed E-state index contributed by atoms with van der Waals surface area (Å²) >= 11 is 6.09. The van der Waals surface area contributed by atoms with E-state index in [4.69, 9.17) is 16.6 Å². The van der Waals surface area contributed by atoms with Crippen LogP contribution in [0.3, 0.4) is 0 Å². The molecule has 1 amide bonds. The Bertz CT molecular complexity index is 962. The summed E-state index contributed by atoms with van der Waals surface area (Å²) in [6.07, 6.45) is 8.72. The lowest BCUT2D eigenvalue weighted by Crippen LogP contribution is -2.38. The highest BCUT2D eigenvalue weighted by atomic mass is 35.5. The minimum absolute atomic E-state index is 0.0420. The van der Waals surface area contributed by atoms with Gasteiger partial charge in [-0.15, -0.1) is 0 Å². The molecule has 3 aromatic rings. The van der Waals surface area contributed by atoms with Gasteiger partial charge >= 0.3 is 0 Å². The van der Waals surface area contributed by atoms with Gasteiger partial charge < -0.3 is 4.90 Å². The maximum absolute atomic E-state index is 12.6. The zero-order valence-electron chi connectivity index (χ0n) is 15.0. The van der Waals surface area contributed by atoms with E-state index in [2.05, 4.69) is 10.1 Å². The number of hydrogen-bond donors (Lipinski definition) is 0. The van der Waals surface area contributed by atoms with E-state index >= 15 is 0 Å². The molecule has 0 radical (unpaired) electrons. The topological polar surface area (TPSA) is 63.9 Å². The Labute approximate surface area is 162 Å². The number of likely N-dealkylation sites (tertiary alicyclic amines) is 1. The molecule has 7 heteroatoms. The Kier molecular flexibility index (Phi) is 4.90. The highest BCUT2D eigenvalue weighted by Gasteiger charge is 2.26. The third-order valence-corrected chi connectivity index (χ3v) is 5.16. The number of carbonyl (C=O) groups excluding carboxylic acids is 1. The lowest BCUT2D eigenvalue weighted by molar-refractivity contribution is 0.0712. The number of carbonyl (C=O) groups is 1. The first-order valence-electron chi connectivity index (χ1n) is 8.96. The van der Waals surface area contributed by atoms with Crippen LogP contribution in [0.1, 0.15) is 34.8 Å². The molecular formula is C20H20ClN5O. The first-order valence-corrected chi connectivity index (χ1v) is 9.34. The number of hydrogen-bond acceptors (Lipinski definition) is 4. The molecule has 0 unspecified atom stereocenters. The van der Waals surface area contributed by atoms with Crippen LogP contribution in [0.15, 0.2) is 49.1 Å². The van der Waals surface area contributed by atoms with Gasteiger partial charge in [-0.25, -0.2) is 4.98 Å². The summed E-state index contributed by atoms with van der Waals surface area (Å²) in [6, 6.07) is 7.63. The smallest absolute Gasteiger partial charge is 0.257 e. The average Bonchev–Trinajstić information content (AvgIpc) is 3.14. The van der Waals surface area contributed by atoms with Gasteiger partial charge in [0, 0.05) is 49.0 Å². The zero-order chi connectivity index (χ0) is 18.8. The lowest BCUT2D eigenvalue weighted by atomic mass is 9.93. The third-order valence-electron chi connectivity index (χ3n) is 4.93. The van der Waals surface area contributed by atoms with Crippen LogP contribution in [0, 0.1) is 0 Å². The summed E-state index contributed by atoms with van der Waals surface area (Å²) in [5.41, 5.74) is 3.39. The first-order chi connectivity index (χ1) is 13.1. The molecule has 0 bridgehead atoms. The van der Waals surface area contributed by atoms with Gasteiger partial charge in [0.05, 0.1) is 29.3 Å². The molecule has 0 saturated carbocycles. The number of aromatic nitrogens is 4. The summed E-state index contributed by atoms with van der Waals surface area (Å²) in [5.74, 6) is 0.342. The first kappa shape index (κ1) is 17.7. The molecule has 1 saturated heterocycles. The van der Waals surface area contributed by atoms with Crippen molar-refractivity contribution >= 4 is 17.5 Å². The summed E-state index contributed by atoms with van der Waals surface area (Å²) in [7, 11) is 1.81. The van der Waals surface area contributed by atoms with E-state index in [-0.39, 0.29) is 5.91 Å². The molecular weight excluding hydrogens is 362 g/mol. The Morgan fingerprint density at radius 3 is 2.70 bits per heavy atom. The number of benzene rings is 1. The molecule has 6 nitrogen and oxygen atoms in total. The fourth-order valence-corrected chi connectivity index (χ4v) is 3.65. The average molecular weight is 382 g/mol. The number of amides is 1. The van der Waals surface area contributed by atoms with E-state index in [1.165, 1.54) is 0 Å². The second-order valence-corrected chi connectivity index (χ2v) is 7.25. The molecule has 2 aromatic heterocycles. The monoisotopic (exact) mass is 381 g/mol. The number of nitrogens with zero attached hydrogens (tertiary/aromatic N) is 5. The van der Waals surface area contributed by atoms with Crippen molar-refractivity contribution in [2.45, 2.75) is 18.8 Å². The van der Waals surface area contributed by atoms with Crippen molar-refractivity contribution in [3.05, 3.63) is 65.3 Å². The van der Waals surface area contributed by atoms with Gasteiger partial charge in [-0.1, -0.05) is 23.7 Å². The van der Waals surface area contributed by atoms with E-state index < -0.39 is 0 Å². The molecule has 4 rings (SSSR count). The molecule has 1 aliphatic rings. The van der Waals surface area contributed by atoms with Gasteiger partial charge in [0.2, 0.25) is 0 Å². The summed E-state index contributed by atoms with van der Waals surface area (Å²) in [5, 5.41) is 4.76. The molecule has 27 heavy (non-hydrogen) atoms. The largest absolute Gasteiger partial charge is 0.339 e. The minimum Gasteiger partial charge on any atom is -0.339 e. The number of rotatable bonds is 3. The molecule has 0 spiro atoms. The Balaban J connectivity index is 1.45. The fraction of sp³-hybridized carbons (Fsp3) is 0.300. The van der Waals surface area contributed by atoms with Gasteiger partial charge in [-0.2, -0.15) is 5.10 Å². The van der Waals surface area contributed by atoms with Crippen LogP contribution >= 0.6 is 11.6 Å². The normalized spacial score (nSPS) is 15.1. The summed E-state index contributed by atoms with van der Waals surface area (Å²) in [4.78, 5) is 23.6. The predicted octanol–water partition coefficient (Wildman–Crippen LogP) is 3.55. The predicted molar refractivity (Wildman–Crippen MR) is 104 cm³/mol. The van der Waals surface area contributed by atoms with Gasteiger partial charge in [0.1, 0.15) is 0 Å². The molecule has 0 aliphatic carbocycles. The van der Waals surface area contributed by atoms with Crippen molar-refractivity contribution in [3.8, 4) is 11.3 Å². The molecule has 1 aliphatic heterocycles. The number of halogens is 1. The fourth-order valence-electron chi connectivity index (χ4n) is 3.46. The third kappa shape index (κ3) is 3.85. The molecule has 0 atom stereocenters. The van der Waals surface area contributed by atoms with Gasteiger partial charge in [0.15, 0.2) is 0 Å². The quantitative estimate of drug-likeness (QED) is 0.696. The van der Waals surface area contributed by atoms with Crippen molar-refractivity contribution in [2.75, 3.05) is 13.1 Å². The van der Waals surface area contributed by atoms with Crippen molar-refractivity contribution < 1.29 is 4.79 Å². The van der Waals surface area contributed by atoms with Gasteiger partial charge in [0.25, 0.3) is 5.91 Å². The molecule has 1 fully saturated rings. The lowest BCUT2D eigenvalue weighted by Gasteiger charge is -2.31. The molecule has 0 N–H and O–H groups in total. The van der Waals surface area contributed by atoms with Crippen molar-refractivity contribution in [2.24, 2.45) is 7.05 Å². The van der Waals surface area contributed by atoms with Crippen LogP contribution in [-0.4, -0.2) is 43.6 Å².